The number of hydrazone groups is 1. The van der Waals surface area contributed by atoms with Crippen LogP contribution in [-0.4, -0.2) is 24.6 Å². The maximum atomic E-state index is 12.1. The summed E-state index contributed by atoms with van der Waals surface area (Å²) in [6.45, 7) is 6.90. The third-order valence-electron chi connectivity index (χ3n) is 5.39. The normalized spacial score (nSPS) is 11.0. The van der Waals surface area contributed by atoms with Crippen LogP contribution in [0.4, 0.5) is 0 Å². The number of hydrogen-bond acceptors (Lipinski definition) is 5. The molecule has 0 aliphatic heterocycles. The molecule has 0 aliphatic carbocycles. The second-order valence-corrected chi connectivity index (χ2v) is 9.22. The van der Waals surface area contributed by atoms with Crippen molar-refractivity contribution in [2.75, 3.05) is 6.61 Å². The van der Waals surface area contributed by atoms with E-state index < -0.39 is 11.8 Å². The molecule has 0 fully saturated rings. The molecule has 3 rings (SSSR count). The standard InChI is InChI=1S/C28H29Cl2N3O4/c1-4-36-26-14-20(10-13-25(26)37-17-22-23(29)6-5-7-24(22)30)16-32-33-28(35)27(34)31-15-19-8-11-21(12-9-19)18(2)3/h5-14,16,18H,4,15,17H2,1-3H3,(H,31,34)(H,33,35)/b32-16-. The van der Waals surface area contributed by atoms with E-state index in [9.17, 15) is 9.59 Å². The molecule has 7 nitrogen and oxygen atoms in total. The van der Waals surface area contributed by atoms with E-state index in [2.05, 4.69) is 29.7 Å². The van der Waals surface area contributed by atoms with Gasteiger partial charge in [-0.25, -0.2) is 5.43 Å². The quantitative estimate of drug-likeness (QED) is 0.191. The number of hydrogen-bond donors (Lipinski definition) is 2. The van der Waals surface area contributed by atoms with Gasteiger partial charge in [0.25, 0.3) is 0 Å². The van der Waals surface area contributed by atoms with E-state index in [1.165, 1.54) is 11.8 Å². The first-order valence-electron chi connectivity index (χ1n) is 11.8. The molecule has 0 saturated carbocycles. The Balaban J connectivity index is 1.55. The molecular formula is C28H29Cl2N3O4. The minimum atomic E-state index is -0.864. The fourth-order valence-electron chi connectivity index (χ4n) is 3.31. The highest BCUT2D eigenvalue weighted by Crippen LogP contribution is 2.31. The van der Waals surface area contributed by atoms with Crippen LogP contribution in [0.1, 0.15) is 48.9 Å². The molecule has 0 unspecified atom stereocenters. The van der Waals surface area contributed by atoms with Gasteiger partial charge in [0.15, 0.2) is 11.5 Å². The van der Waals surface area contributed by atoms with Gasteiger partial charge in [-0.05, 0) is 59.9 Å². The van der Waals surface area contributed by atoms with Gasteiger partial charge < -0.3 is 14.8 Å². The third kappa shape index (κ3) is 8.23. The molecule has 3 aromatic carbocycles. The average Bonchev–Trinajstić information content (AvgIpc) is 2.88. The summed E-state index contributed by atoms with van der Waals surface area (Å²) in [6.07, 6.45) is 1.41. The van der Waals surface area contributed by atoms with Crippen molar-refractivity contribution < 1.29 is 19.1 Å². The first kappa shape index (κ1) is 28.0. The Labute approximate surface area is 226 Å². The minimum Gasteiger partial charge on any atom is -0.490 e. The molecule has 0 saturated heterocycles. The molecule has 37 heavy (non-hydrogen) atoms. The predicted octanol–water partition coefficient (Wildman–Crippen LogP) is 5.86. The van der Waals surface area contributed by atoms with Crippen LogP contribution in [0.2, 0.25) is 10.0 Å². The molecule has 0 atom stereocenters. The Morgan fingerprint density at radius 2 is 1.65 bits per heavy atom. The molecule has 2 N–H and O–H groups in total. The van der Waals surface area contributed by atoms with Crippen LogP contribution in [0, 0.1) is 0 Å². The number of benzene rings is 3. The summed E-state index contributed by atoms with van der Waals surface area (Å²) in [7, 11) is 0. The zero-order chi connectivity index (χ0) is 26.8. The minimum absolute atomic E-state index is 0.166. The average molecular weight is 542 g/mol. The van der Waals surface area contributed by atoms with Gasteiger partial charge in [-0.15, -0.1) is 0 Å². The van der Waals surface area contributed by atoms with E-state index in [-0.39, 0.29) is 13.2 Å². The molecule has 0 heterocycles. The van der Waals surface area contributed by atoms with E-state index >= 15 is 0 Å². The number of nitrogens with one attached hydrogen (secondary N) is 2. The largest absolute Gasteiger partial charge is 0.490 e. The molecule has 9 heteroatoms. The maximum Gasteiger partial charge on any atom is 0.329 e. The molecule has 0 aromatic heterocycles. The second kappa shape index (κ2) is 13.7. The summed E-state index contributed by atoms with van der Waals surface area (Å²) in [6, 6.07) is 18.3. The first-order chi connectivity index (χ1) is 17.8. The number of carbonyl (C=O) groups excluding carboxylic acids is 2. The number of halogens is 2. The lowest BCUT2D eigenvalue weighted by molar-refractivity contribution is -0.139. The van der Waals surface area contributed by atoms with Crippen LogP contribution in [-0.2, 0) is 22.7 Å². The van der Waals surface area contributed by atoms with Gasteiger partial charge in [-0.3, -0.25) is 9.59 Å². The van der Waals surface area contributed by atoms with Crippen molar-refractivity contribution in [3.63, 3.8) is 0 Å². The lowest BCUT2D eigenvalue weighted by atomic mass is 10.0. The smallest absolute Gasteiger partial charge is 0.329 e. The van der Waals surface area contributed by atoms with Crippen LogP contribution in [0.3, 0.4) is 0 Å². The highest BCUT2D eigenvalue weighted by Gasteiger charge is 2.13. The molecule has 2 amide bonds. The monoisotopic (exact) mass is 541 g/mol. The van der Waals surface area contributed by atoms with Crippen LogP contribution in [0.25, 0.3) is 0 Å². The van der Waals surface area contributed by atoms with E-state index in [4.69, 9.17) is 32.7 Å². The van der Waals surface area contributed by atoms with Crippen LogP contribution >= 0.6 is 23.2 Å². The van der Waals surface area contributed by atoms with Crippen molar-refractivity contribution in [3.8, 4) is 11.5 Å². The topological polar surface area (TPSA) is 89.0 Å². The zero-order valence-corrected chi connectivity index (χ0v) is 22.4. The molecule has 0 bridgehead atoms. The number of carbonyl (C=O) groups is 2. The molecular weight excluding hydrogens is 513 g/mol. The summed E-state index contributed by atoms with van der Waals surface area (Å²) >= 11 is 12.4. The Bertz CT molecular complexity index is 1240. The van der Waals surface area contributed by atoms with Gasteiger partial charge in [0, 0.05) is 22.2 Å². The van der Waals surface area contributed by atoms with Gasteiger partial charge in [0.1, 0.15) is 6.61 Å². The van der Waals surface area contributed by atoms with Crippen molar-refractivity contribution in [1.82, 2.24) is 10.7 Å². The molecule has 0 spiro atoms. The van der Waals surface area contributed by atoms with Crippen molar-refractivity contribution in [2.24, 2.45) is 5.10 Å². The second-order valence-electron chi connectivity index (χ2n) is 8.41. The van der Waals surface area contributed by atoms with Gasteiger partial charge in [-0.1, -0.05) is 67.4 Å². The van der Waals surface area contributed by atoms with Crippen LogP contribution in [0.15, 0.2) is 65.8 Å². The van der Waals surface area contributed by atoms with Crippen molar-refractivity contribution in [1.29, 1.82) is 0 Å². The molecule has 0 radical (unpaired) electrons. The van der Waals surface area contributed by atoms with Crippen molar-refractivity contribution in [3.05, 3.63) is 93.0 Å². The third-order valence-corrected chi connectivity index (χ3v) is 6.09. The van der Waals surface area contributed by atoms with E-state index in [1.54, 1.807) is 36.4 Å². The van der Waals surface area contributed by atoms with E-state index in [0.29, 0.717) is 45.2 Å². The summed E-state index contributed by atoms with van der Waals surface area (Å²) in [5.74, 6) is -0.228. The maximum absolute atomic E-state index is 12.1. The summed E-state index contributed by atoms with van der Waals surface area (Å²) in [5.41, 5.74) is 5.65. The highest BCUT2D eigenvalue weighted by molar-refractivity contribution is 6.36. The van der Waals surface area contributed by atoms with Gasteiger partial charge in [0.2, 0.25) is 0 Å². The fraction of sp³-hybridized carbons (Fsp3) is 0.250. The molecule has 194 valence electrons. The predicted molar refractivity (Wildman–Crippen MR) is 147 cm³/mol. The zero-order valence-electron chi connectivity index (χ0n) is 20.9. The van der Waals surface area contributed by atoms with Gasteiger partial charge >= 0.3 is 11.8 Å². The summed E-state index contributed by atoms with van der Waals surface area (Å²) in [4.78, 5) is 24.2. The Morgan fingerprint density at radius 1 is 0.946 bits per heavy atom. The van der Waals surface area contributed by atoms with E-state index in [1.807, 2.05) is 31.2 Å². The first-order valence-corrected chi connectivity index (χ1v) is 12.6. The van der Waals surface area contributed by atoms with Gasteiger partial charge in [-0.2, -0.15) is 5.10 Å². The van der Waals surface area contributed by atoms with Gasteiger partial charge in [0.05, 0.1) is 12.8 Å². The van der Waals surface area contributed by atoms with Crippen LogP contribution < -0.4 is 20.2 Å². The summed E-state index contributed by atoms with van der Waals surface area (Å²) in [5, 5.41) is 7.49. The number of rotatable bonds is 10. The lowest BCUT2D eigenvalue weighted by Gasteiger charge is -2.14. The molecule has 0 aliphatic rings. The molecule has 3 aromatic rings. The Morgan fingerprint density at radius 3 is 2.30 bits per heavy atom. The van der Waals surface area contributed by atoms with Crippen molar-refractivity contribution >= 4 is 41.2 Å². The Hall–Kier alpha value is -3.55. The van der Waals surface area contributed by atoms with Crippen molar-refractivity contribution in [2.45, 2.75) is 39.8 Å². The van der Waals surface area contributed by atoms with Crippen LogP contribution in [0.5, 0.6) is 11.5 Å². The number of nitrogens with zero attached hydrogens (tertiary/aromatic N) is 1. The summed E-state index contributed by atoms with van der Waals surface area (Å²) < 4.78 is 11.6. The number of amides is 2. The fourth-order valence-corrected chi connectivity index (χ4v) is 3.82. The lowest BCUT2D eigenvalue weighted by Crippen LogP contribution is -2.37. The highest BCUT2D eigenvalue weighted by atomic mass is 35.5. The van der Waals surface area contributed by atoms with E-state index in [0.717, 1.165) is 5.56 Å². The Kier molecular flexibility index (Phi) is 10.4. The SMILES string of the molecule is CCOc1cc(/C=N\NC(=O)C(=O)NCc2ccc(C(C)C)cc2)ccc1OCc1c(Cl)cccc1Cl. The number of ether oxygens (including phenoxy) is 2.